The zero-order valence-electron chi connectivity index (χ0n) is 16.8. The highest BCUT2D eigenvalue weighted by Gasteiger charge is 2.17. The fourth-order valence-electron chi connectivity index (χ4n) is 2.97. The molecule has 0 unspecified atom stereocenters. The number of ether oxygens (including phenoxy) is 1. The second kappa shape index (κ2) is 9.47. The zero-order valence-corrected chi connectivity index (χ0v) is 17.6. The number of hydrogen-bond donors (Lipinski definition) is 2. The van der Waals surface area contributed by atoms with Crippen molar-refractivity contribution in [3.63, 3.8) is 0 Å². The van der Waals surface area contributed by atoms with E-state index in [9.17, 15) is 4.79 Å². The number of nitrogens with two attached hydrogens (primary N) is 1. The molecule has 3 N–H and O–H groups in total. The number of thioether (sulfide) groups is 1. The molecule has 8 heteroatoms. The average molecular weight is 412 g/mol. The number of anilines is 1. The van der Waals surface area contributed by atoms with Crippen LogP contribution in [-0.2, 0) is 4.79 Å². The monoisotopic (exact) mass is 411 g/mol. The minimum Gasteiger partial charge on any atom is -0.496 e. The molecule has 29 heavy (non-hydrogen) atoms. The van der Waals surface area contributed by atoms with Crippen LogP contribution in [0.25, 0.3) is 11.4 Å². The summed E-state index contributed by atoms with van der Waals surface area (Å²) in [4.78, 5) is 12.5. The summed E-state index contributed by atoms with van der Waals surface area (Å²) in [5, 5.41) is 11.7. The molecule has 2 aromatic carbocycles. The van der Waals surface area contributed by atoms with Crippen molar-refractivity contribution in [2.45, 2.75) is 31.3 Å². The molecule has 0 spiro atoms. The van der Waals surface area contributed by atoms with Crippen molar-refractivity contribution < 1.29 is 9.53 Å². The topological polar surface area (TPSA) is 95.1 Å². The summed E-state index contributed by atoms with van der Waals surface area (Å²) in [5.74, 6) is 7.73. The van der Waals surface area contributed by atoms with Crippen LogP contribution in [0.3, 0.4) is 0 Å². The Kier molecular flexibility index (Phi) is 6.77. The number of amides is 1. The second-order valence-electron chi connectivity index (χ2n) is 6.61. The maximum absolute atomic E-state index is 12.5. The van der Waals surface area contributed by atoms with Crippen molar-refractivity contribution in [2.75, 3.05) is 24.0 Å². The van der Waals surface area contributed by atoms with Gasteiger partial charge in [-0.05, 0) is 36.1 Å². The number of nitrogens with one attached hydrogen (secondary N) is 1. The van der Waals surface area contributed by atoms with Crippen LogP contribution in [0.15, 0.2) is 53.7 Å². The first-order valence-corrected chi connectivity index (χ1v) is 10.4. The highest BCUT2D eigenvalue weighted by Crippen LogP contribution is 2.30. The van der Waals surface area contributed by atoms with Crippen molar-refractivity contribution >= 4 is 23.4 Å². The molecule has 0 aliphatic carbocycles. The minimum absolute atomic E-state index is 0.118. The van der Waals surface area contributed by atoms with Gasteiger partial charge in [0, 0.05) is 5.69 Å². The smallest absolute Gasteiger partial charge is 0.234 e. The van der Waals surface area contributed by atoms with Gasteiger partial charge in [-0.25, -0.2) is 4.68 Å². The highest BCUT2D eigenvalue weighted by molar-refractivity contribution is 7.99. The normalized spacial score (nSPS) is 11.8. The quantitative estimate of drug-likeness (QED) is 0.431. The van der Waals surface area contributed by atoms with E-state index in [1.54, 1.807) is 7.11 Å². The summed E-state index contributed by atoms with van der Waals surface area (Å²) in [6.45, 7) is 4.28. The van der Waals surface area contributed by atoms with Crippen molar-refractivity contribution in [1.29, 1.82) is 0 Å². The van der Waals surface area contributed by atoms with E-state index in [1.807, 2.05) is 48.5 Å². The van der Waals surface area contributed by atoms with Crippen LogP contribution in [0.1, 0.15) is 31.7 Å². The van der Waals surface area contributed by atoms with Crippen LogP contribution < -0.4 is 15.9 Å². The molecule has 1 atom stereocenters. The third-order valence-corrected chi connectivity index (χ3v) is 5.67. The van der Waals surface area contributed by atoms with Crippen LogP contribution in [0, 0.1) is 0 Å². The number of hydrogen-bond acceptors (Lipinski definition) is 6. The van der Waals surface area contributed by atoms with Gasteiger partial charge in [-0.1, -0.05) is 55.9 Å². The molecule has 0 saturated carbocycles. The molecule has 3 rings (SSSR count). The predicted octanol–water partition coefficient (Wildman–Crippen LogP) is 3.91. The van der Waals surface area contributed by atoms with Gasteiger partial charge in [0.15, 0.2) is 5.82 Å². The van der Waals surface area contributed by atoms with E-state index in [0.717, 1.165) is 23.2 Å². The van der Waals surface area contributed by atoms with Gasteiger partial charge in [0.25, 0.3) is 0 Å². The van der Waals surface area contributed by atoms with E-state index >= 15 is 0 Å². The SMILES string of the molecule is CC[C@@H](C)c1ccccc1NC(=O)CSc1nnc(-c2ccccc2OC)n1N. The lowest BCUT2D eigenvalue weighted by atomic mass is 9.97. The number of rotatable bonds is 8. The molecule has 1 amide bonds. The Morgan fingerprint density at radius 1 is 1.21 bits per heavy atom. The number of carbonyl (C=O) groups excluding carboxylic acids is 1. The summed E-state index contributed by atoms with van der Waals surface area (Å²) >= 11 is 1.23. The van der Waals surface area contributed by atoms with Crippen molar-refractivity contribution in [3.05, 3.63) is 54.1 Å². The van der Waals surface area contributed by atoms with E-state index in [-0.39, 0.29) is 11.7 Å². The van der Waals surface area contributed by atoms with Gasteiger partial charge in [-0.15, -0.1) is 10.2 Å². The highest BCUT2D eigenvalue weighted by atomic mass is 32.2. The largest absolute Gasteiger partial charge is 0.496 e. The lowest BCUT2D eigenvalue weighted by molar-refractivity contribution is -0.113. The van der Waals surface area contributed by atoms with Gasteiger partial charge >= 0.3 is 0 Å². The number of carbonyl (C=O) groups is 1. The van der Waals surface area contributed by atoms with Gasteiger partial charge in [0.1, 0.15) is 5.75 Å². The molecule has 1 aromatic heterocycles. The number of methoxy groups -OCH3 is 1. The van der Waals surface area contributed by atoms with Gasteiger partial charge in [0.2, 0.25) is 11.1 Å². The van der Waals surface area contributed by atoms with Gasteiger partial charge in [-0.2, -0.15) is 0 Å². The number of nitrogen functional groups attached to an aromatic ring is 1. The first-order valence-electron chi connectivity index (χ1n) is 9.40. The van der Waals surface area contributed by atoms with Crippen LogP contribution in [0.5, 0.6) is 5.75 Å². The fraction of sp³-hybridized carbons (Fsp3) is 0.286. The molecule has 0 aliphatic rings. The van der Waals surface area contributed by atoms with Crippen molar-refractivity contribution in [3.8, 4) is 17.1 Å². The molecule has 152 valence electrons. The number of para-hydroxylation sites is 2. The Balaban J connectivity index is 1.69. The second-order valence-corrected chi connectivity index (χ2v) is 7.55. The van der Waals surface area contributed by atoms with Crippen LogP contribution in [-0.4, -0.2) is 33.6 Å². The number of nitrogens with zero attached hydrogens (tertiary/aromatic N) is 3. The van der Waals surface area contributed by atoms with Crippen LogP contribution in [0.4, 0.5) is 5.69 Å². The number of benzene rings is 2. The Labute approximate surface area is 174 Å². The molecular weight excluding hydrogens is 386 g/mol. The molecule has 1 heterocycles. The maximum Gasteiger partial charge on any atom is 0.234 e. The predicted molar refractivity (Wildman–Crippen MR) is 117 cm³/mol. The molecular formula is C21H25N5O2S. The Morgan fingerprint density at radius 3 is 2.69 bits per heavy atom. The third kappa shape index (κ3) is 4.71. The van der Waals surface area contributed by atoms with Crippen LogP contribution >= 0.6 is 11.8 Å². The molecule has 0 aliphatic heterocycles. The summed E-state index contributed by atoms with van der Waals surface area (Å²) in [7, 11) is 1.59. The fourth-order valence-corrected chi connectivity index (χ4v) is 3.62. The van der Waals surface area contributed by atoms with Gasteiger partial charge < -0.3 is 15.9 Å². The zero-order chi connectivity index (χ0) is 20.8. The maximum atomic E-state index is 12.5. The summed E-state index contributed by atoms with van der Waals surface area (Å²) in [6, 6.07) is 15.3. The first-order chi connectivity index (χ1) is 14.0. The lowest BCUT2D eigenvalue weighted by Crippen LogP contribution is -2.17. The van der Waals surface area contributed by atoms with E-state index in [2.05, 4.69) is 29.4 Å². The minimum atomic E-state index is -0.118. The Bertz CT molecular complexity index is 989. The molecule has 0 saturated heterocycles. The van der Waals surface area contributed by atoms with E-state index < -0.39 is 0 Å². The van der Waals surface area contributed by atoms with E-state index in [4.69, 9.17) is 10.6 Å². The van der Waals surface area contributed by atoms with Crippen molar-refractivity contribution in [2.24, 2.45) is 0 Å². The first kappa shape index (κ1) is 20.7. The molecule has 0 bridgehead atoms. The van der Waals surface area contributed by atoms with Gasteiger partial charge in [0.05, 0.1) is 18.4 Å². The molecule has 0 radical (unpaired) electrons. The van der Waals surface area contributed by atoms with Crippen LogP contribution in [0.2, 0.25) is 0 Å². The molecule has 3 aromatic rings. The average Bonchev–Trinajstić information content (AvgIpc) is 3.12. The summed E-state index contributed by atoms with van der Waals surface area (Å²) in [5.41, 5.74) is 2.72. The number of aromatic nitrogens is 3. The van der Waals surface area contributed by atoms with Crippen molar-refractivity contribution in [1.82, 2.24) is 14.9 Å². The Hall–Kier alpha value is -3.00. The standard InChI is InChI=1S/C21H25N5O2S/c1-4-14(2)15-9-5-7-11-17(15)23-19(27)13-29-21-25-24-20(26(21)22)16-10-6-8-12-18(16)28-3/h5-12,14H,4,13,22H2,1-3H3,(H,23,27)/t14-/m1/s1. The summed E-state index contributed by atoms with van der Waals surface area (Å²) in [6.07, 6.45) is 1.00. The molecule has 7 nitrogen and oxygen atoms in total. The van der Waals surface area contributed by atoms with E-state index in [0.29, 0.717) is 22.6 Å². The third-order valence-electron chi connectivity index (χ3n) is 4.72. The van der Waals surface area contributed by atoms with Gasteiger partial charge in [-0.3, -0.25) is 4.79 Å². The Morgan fingerprint density at radius 2 is 1.93 bits per heavy atom. The molecule has 0 fully saturated rings. The summed E-state index contributed by atoms with van der Waals surface area (Å²) < 4.78 is 6.74. The lowest BCUT2D eigenvalue weighted by Gasteiger charge is -2.15. The van der Waals surface area contributed by atoms with E-state index in [1.165, 1.54) is 16.4 Å².